The van der Waals surface area contributed by atoms with Crippen LogP contribution in [-0.2, 0) is 9.59 Å². The van der Waals surface area contributed by atoms with Crippen molar-refractivity contribution < 1.29 is 9.59 Å². The zero-order valence-corrected chi connectivity index (χ0v) is 7.35. The van der Waals surface area contributed by atoms with Gasteiger partial charge in [0, 0.05) is 0 Å². The SMILES string of the molecule is CC[C-]=O.CC[C-]=O.[Mg+2]. The second-order valence-electron chi connectivity index (χ2n) is 0.996. The molecule has 0 aromatic carbocycles. The van der Waals surface area contributed by atoms with Crippen LogP contribution >= 0.6 is 0 Å². The molecule has 0 saturated carbocycles. The minimum Gasteiger partial charge on any atom is -0.542 e. The predicted octanol–water partition coefficient (Wildman–Crippen LogP) is 0.631. The molecule has 2 nitrogen and oxygen atoms in total. The predicted molar refractivity (Wildman–Crippen MR) is 37.7 cm³/mol. The van der Waals surface area contributed by atoms with Crippen LogP contribution in [0, 0.1) is 0 Å². The Balaban J connectivity index is -0.0000000720. The molecule has 0 rings (SSSR count). The van der Waals surface area contributed by atoms with E-state index in [0.717, 1.165) is 0 Å². The summed E-state index contributed by atoms with van der Waals surface area (Å²) < 4.78 is 0. The third-order valence-electron chi connectivity index (χ3n) is 0.289. The van der Waals surface area contributed by atoms with Crippen LogP contribution in [0.15, 0.2) is 0 Å². The Bertz CT molecular complexity index is 47.0. The smallest absolute Gasteiger partial charge is 0.542 e. The van der Waals surface area contributed by atoms with E-state index in [1.807, 2.05) is 0 Å². The molecule has 0 unspecified atom stereocenters. The number of hydrogen-bond donors (Lipinski definition) is 0. The van der Waals surface area contributed by atoms with Crippen LogP contribution in [0.1, 0.15) is 26.7 Å². The van der Waals surface area contributed by atoms with Gasteiger partial charge in [-0.25, -0.2) is 0 Å². The topological polar surface area (TPSA) is 34.1 Å². The molecule has 3 heteroatoms. The van der Waals surface area contributed by atoms with Gasteiger partial charge >= 0.3 is 23.1 Å². The molecule has 48 valence electrons. The fourth-order valence-corrected chi connectivity index (χ4v) is 0. The molecule has 0 heterocycles. The van der Waals surface area contributed by atoms with Gasteiger partial charge in [0.05, 0.1) is 0 Å². The summed E-state index contributed by atoms with van der Waals surface area (Å²) in [6, 6.07) is 0. The Morgan fingerprint density at radius 3 is 1.11 bits per heavy atom. The van der Waals surface area contributed by atoms with E-state index in [4.69, 9.17) is 9.59 Å². The first-order chi connectivity index (χ1) is 3.83. The van der Waals surface area contributed by atoms with Gasteiger partial charge in [-0.3, -0.25) is 12.6 Å². The van der Waals surface area contributed by atoms with E-state index in [1.54, 1.807) is 26.4 Å². The van der Waals surface area contributed by atoms with Crippen LogP contribution in [0.25, 0.3) is 0 Å². The molecular formula is C6H10MgO2. The fraction of sp³-hybridized carbons (Fsp3) is 0.667. The van der Waals surface area contributed by atoms with Gasteiger partial charge < -0.3 is 9.59 Å². The largest absolute Gasteiger partial charge is 2.00 e. The average molecular weight is 138 g/mol. The minimum atomic E-state index is 0. The zero-order chi connectivity index (χ0) is 6.83. The van der Waals surface area contributed by atoms with E-state index < -0.39 is 0 Å². The van der Waals surface area contributed by atoms with Crippen LogP contribution in [0.2, 0.25) is 0 Å². The first-order valence-electron chi connectivity index (χ1n) is 2.53. The molecule has 0 aliphatic carbocycles. The van der Waals surface area contributed by atoms with Gasteiger partial charge in [-0.1, -0.05) is 13.8 Å². The van der Waals surface area contributed by atoms with Crippen molar-refractivity contribution in [1.29, 1.82) is 0 Å². The van der Waals surface area contributed by atoms with Crippen LogP contribution in [0.5, 0.6) is 0 Å². The van der Waals surface area contributed by atoms with Crippen molar-refractivity contribution in [3.63, 3.8) is 0 Å². The Kier molecular flexibility index (Phi) is 43.3. The maximum atomic E-state index is 9.05. The molecular weight excluding hydrogens is 128 g/mol. The summed E-state index contributed by atoms with van der Waals surface area (Å²) in [4.78, 5) is 18.1. The Labute approximate surface area is 72.2 Å². The summed E-state index contributed by atoms with van der Waals surface area (Å²) in [5.41, 5.74) is 0. The second kappa shape index (κ2) is 24.3. The molecule has 0 aromatic rings. The van der Waals surface area contributed by atoms with Gasteiger partial charge in [-0.2, -0.15) is 12.8 Å². The van der Waals surface area contributed by atoms with Gasteiger partial charge in [0.2, 0.25) is 0 Å². The molecule has 0 N–H and O–H groups in total. The van der Waals surface area contributed by atoms with Crippen LogP contribution in [0.4, 0.5) is 0 Å². The van der Waals surface area contributed by atoms with E-state index in [9.17, 15) is 0 Å². The summed E-state index contributed by atoms with van der Waals surface area (Å²) in [5.74, 6) is 0. The summed E-state index contributed by atoms with van der Waals surface area (Å²) in [6.45, 7) is 3.51. The first-order valence-corrected chi connectivity index (χ1v) is 2.53. The molecule has 0 fully saturated rings. The third kappa shape index (κ3) is 68.1. The Hall–Kier alpha value is 0.106. The summed E-state index contributed by atoms with van der Waals surface area (Å²) in [5, 5.41) is 0. The van der Waals surface area contributed by atoms with E-state index in [0.29, 0.717) is 12.8 Å². The Morgan fingerprint density at radius 2 is 1.11 bits per heavy atom. The minimum absolute atomic E-state index is 0. The summed E-state index contributed by atoms with van der Waals surface area (Å²) in [6.07, 6.45) is 4.39. The van der Waals surface area contributed by atoms with Gasteiger partial charge in [-0.05, 0) is 0 Å². The molecule has 0 aromatic heterocycles. The van der Waals surface area contributed by atoms with Crippen molar-refractivity contribution in [3.8, 4) is 0 Å². The van der Waals surface area contributed by atoms with Crippen molar-refractivity contribution in [2.24, 2.45) is 0 Å². The second-order valence-corrected chi connectivity index (χ2v) is 0.996. The molecule has 0 atom stereocenters. The summed E-state index contributed by atoms with van der Waals surface area (Å²) in [7, 11) is 0. The van der Waals surface area contributed by atoms with Gasteiger partial charge in [0.15, 0.2) is 0 Å². The van der Waals surface area contributed by atoms with Crippen molar-refractivity contribution in [2.75, 3.05) is 0 Å². The van der Waals surface area contributed by atoms with Gasteiger partial charge in [0.25, 0.3) is 0 Å². The van der Waals surface area contributed by atoms with Gasteiger partial charge in [0.1, 0.15) is 0 Å². The first kappa shape index (κ1) is 16.0. The van der Waals surface area contributed by atoms with E-state index in [1.165, 1.54) is 0 Å². The van der Waals surface area contributed by atoms with E-state index in [-0.39, 0.29) is 23.1 Å². The standard InChI is InChI=1S/2C3H5O.Mg/c2*1-2-3-4;/h2*2H2,1H3;/q2*-1;+2. The molecule has 0 saturated heterocycles. The fourth-order valence-electron chi connectivity index (χ4n) is 0. The number of hydrogen-bond acceptors (Lipinski definition) is 2. The quantitative estimate of drug-likeness (QED) is 0.414. The van der Waals surface area contributed by atoms with Crippen LogP contribution in [0.3, 0.4) is 0 Å². The zero-order valence-electron chi connectivity index (χ0n) is 5.94. The molecule has 0 spiro atoms. The molecule has 9 heavy (non-hydrogen) atoms. The molecule has 0 amide bonds. The van der Waals surface area contributed by atoms with Gasteiger partial charge in [-0.15, -0.1) is 0 Å². The Morgan fingerprint density at radius 1 is 1.00 bits per heavy atom. The van der Waals surface area contributed by atoms with E-state index >= 15 is 0 Å². The van der Waals surface area contributed by atoms with Crippen molar-refractivity contribution in [3.05, 3.63) is 0 Å². The molecule has 0 radical (unpaired) electrons. The van der Waals surface area contributed by atoms with Crippen molar-refractivity contribution in [1.82, 2.24) is 0 Å². The van der Waals surface area contributed by atoms with Crippen molar-refractivity contribution >= 4 is 35.6 Å². The van der Waals surface area contributed by atoms with E-state index in [2.05, 4.69) is 0 Å². The third-order valence-corrected chi connectivity index (χ3v) is 0.289. The number of rotatable bonds is 2. The van der Waals surface area contributed by atoms with Crippen LogP contribution < -0.4 is 0 Å². The average Bonchev–Trinajstić information content (AvgIpc) is 1.88. The normalized spacial score (nSPS) is 5.56. The molecule has 0 aliphatic rings. The van der Waals surface area contributed by atoms with Crippen LogP contribution in [-0.4, -0.2) is 35.6 Å². The van der Waals surface area contributed by atoms with Crippen molar-refractivity contribution in [2.45, 2.75) is 26.7 Å². The maximum absolute atomic E-state index is 9.05. The molecule has 0 aliphatic heterocycles. The monoisotopic (exact) mass is 138 g/mol. The summed E-state index contributed by atoms with van der Waals surface area (Å²) >= 11 is 0. The number of carbonyl (C=O) groups excluding carboxylic acids is 2. The maximum Gasteiger partial charge on any atom is 2.00 e. The molecule has 0 bridgehead atoms.